The van der Waals surface area contributed by atoms with Gasteiger partial charge in [0.2, 0.25) is 0 Å². The van der Waals surface area contributed by atoms with Gasteiger partial charge in [-0.05, 0) is 35.7 Å². The van der Waals surface area contributed by atoms with E-state index in [4.69, 9.17) is 0 Å². The summed E-state index contributed by atoms with van der Waals surface area (Å²) in [5, 5.41) is 3.44. The Labute approximate surface area is 119 Å². The molecule has 2 aromatic heterocycles. The molecular formula is C17H19N3. The molecule has 3 heteroatoms. The van der Waals surface area contributed by atoms with Crippen molar-refractivity contribution < 1.29 is 0 Å². The van der Waals surface area contributed by atoms with Crippen LogP contribution in [0.3, 0.4) is 0 Å². The van der Waals surface area contributed by atoms with E-state index in [1.165, 1.54) is 5.56 Å². The van der Waals surface area contributed by atoms with Crippen molar-refractivity contribution in [1.29, 1.82) is 0 Å². The van der Waals surface area contributed by atoms with Crippen LogP contribution in [0.2, 0.25) is 0 Å². The standard InChI is InChI=1S/C17H19N3/c1-13(2)14-6-5-7-15(10-14)18-11-16-12-20-9-4-3-8-17(20)19-16/h3-10,12-13,18H,11H2,1-2H3. The summed E-state index contributed by atoms with van der Waals surface area (Å²) in [6.07, 6.45) is 4.08. The van der Waals surface area contributed by atoms with Gasteiger partial charge in [-0.25, -0.2) is 4.98 Å². The number of pyridine rings is 1. The highest BCUT2D eigenvalue weighted by molar-refractivity contribution is 5.47. The van der Waals surface area contributed by atoms with Gasteiger partial charge in [-0.1, -0.05) is 32.0 Å². The first-order chi connectivity index (χ1) is 9.72. The van der Waals surface area contributed by atoms with Crippen molar-refractivity contribution in [3.63, 3.8) is 0 Å². The molecule has 1 N–H and O–H groups in total. The van der Waals surface area contributed by atoms with Gasteiger partial charge in [-0.15, -0.1) is 0 Å². The zero-order chi connectivity index (χ0) is 13.9. The van der Waals surface area contributed by atoms with E-state index < -0.39 is 0 Å². The van der Waals surface area contributed by atoms with E-state index in [2.05, 4.69) is 54.6 Å². The normalized spacial score (nSPS) is 11.2. The van der Waals surface area contributed by atoms with Gasteiger partial charge in [0, 0.05) is 18.1 Å². The molecule has 0 aliphatic heterocycles. The Morgan fingerprint density at radius 1 is 1.15 bits per heavy atom. The average Bonchev–Trinajstić information content (AvgIpc) is 2.88. The minimum atomic E-state index is 0.548. The lowest BCUT2D eigenvalue weighted by atomic mass is 10.0. The van der Waals surface area contributed by atoms with Crippen LogP contribution in [0.4, 0.5) is 5.69 Å². The minimum absolute atomic E-state index is 0.548. The van der Waals surface area contributed by atoms with E-state index >= 15 is 0 Å². The molecule has 0 spiro atoms. The lowest BCUT2D eigenvalue weighted by Crippen LogP contribution is -2.00. The van der Waals surface area contributed by atoms with Crippen LogP contribution in [0, 0.1) is 0 Å². The largest absolute Gasteiger partial charge is 0.379 e. The van der Waals surface area contributed by atoms with E-state index in [-0.39, 0.29) is 0 Å². The Morgan fingerprint density at radius 2 is 2.05 bits per heavy atom. The van der Waals surface area contributed by atoms with Crippen molar-refractivity contribution in [2.24, 2.45) is 0 Å². The number of fused-ring (bicyclic) bond motifs is 1. The molecule has 2 heterocycles. The van der Waals surface area contributed by atoms with Gasteiger partial charge >= 0.3 is 0 Å². The monoisotopic (exact) mass is 265 g/mol. The highest BCUT2D eigenvalue weighted by atomic mass is 15.0. The van der Waals surface area contributed by atoms with Gasteiger partial charge in [0.15, 0.2) is 0 Å². The molecule has 0 saturated heterocycles. The molecule has 3 rings (SSSR count). The summed E-state index contributed by atoms with van der Waals surface area (Å²) >= 11 is 0. The number of nitrogens with one attached hydrogen (secondary N) is 1. The van der Waals surface area contributed by atoms with E-state index in [0.29, 0.717) is 5.92 Å². The zero-order valence-electron chi connectivity index (χ0n) is 11.9. The number of aromatic nitrogens is 2. The molecule has 0 aliphatic rings. The second-order valence-electron chi connectivity index (χ2n) is 5.33. The van der Waals surface area contributed by atoms with E-state index in [0.717, 1.165) is 23.6 Å². The molecule has 3 aromatic rings. The van der Waals surface area contributed by atoms with Crippen molar-refractivity contribution in [1.82, 2.24) is 9.38 Å². The number of hydrogen-bond donors (Lipinski definition) is 1. The molecule has 0 fully saturated rings. The summed E-state index contributed by atoms with van der Waals surface area (Å²) in [6.45, 7) is 5.16. The maximum atomic E-state index is 4.59. The molecule has 0 unspecified atom stereocenters. The number of nitrogens with zero attached hydrogens (tertiary/aromatic N) is 2. The second kappa shape index (κ2) is 5.37. The molecule has 0 saturated carbocycles. The predicted octanol–water partition coefficient (Wildman–Crippen LogP) is 4.07. The van der Waals surface area contributed by atoms with Crippen LogP contribution in [0.25, 0.3) is 5.65 Å². The third kappa shape index (κ3) is 2.67. The molecule has 0 radical (unpaired) electrons. The number of imidazole rings is 1. The first-order valence-corrected chi connectivity index (χ1v) is 6.99. The first kappa shape index (κ1) is 12.7. The first-order valence-electron chi connectivity index (χ1n) is 6.99. The summed E-state index contributed by atoms with van der Waals surface area (Å²) in [6, 6.07) is 14.6. The van der Waals surface area contributed by atoms with Gasteiger partial charge < -0.3 is 9.72 Å². The molecule has 3 nitrogen and oxygen atoms in total. The molecule has 1 aromatic carbocycles. The van der Waals surface area contributed by atoms with Crippen LogP contribution in [0.15, 0.2) is 54.9 Å². The molecule has 0 aliphatic carbocycles. The predicted molar refractivity (Wildman–Crippen MR) is 83.0 cm³/mol. The van der Waals surface area contributed by atoms with E-state index in [1.54, 1.807) is 0 Å². The van der Waals surface area contributed by atoms with Gasteiger partial charge in [-0.2, -0.15) is 0 Å². The SMILES string of the molecule is CC(C)c1cccc(NCc2cn3ccccc3n2)c1. The molecule has 0 atom stereocenters. The minimum Gasteiger partial charge on any atom is -0.379 e. The highest BCUT2D eigenvalue weighted by Gasteiger charge is 2.02. The zero-order valence-corrected chi connectivity index (χ0v) is 11.9. The van der Waals surface area contributed by atoms with Crippen molar-refractivity contribution in [2.75, 3.05) is 5.32 Å². The van der Waals surface area contributed by atoms with Crippen LogP contribution in [-0.4, -0.2) is 9.38 Å². The Bertz CT molecular complexity index is 680. The Hall–Kier alpha value is -2.29. The molecule has 102 valence electrons. The molecule has 0 amide bonds. The third-order valence-electron chi connectivity index (χ3n) is 3.44. The molecule has 20 heavy (non-hydrogen) atoms. The number of benzene rings is 1. The smallest absolute Gasteiger partial charge is 0.137 e. The Balaban J connectivity index is 1.74. The Kier molecular flexibility index (Phi) is 3.42. The average molecular weight is 265 g/mol. The lowest BCUT2D eigenvalue weighted by molar-refractivity contribution is 0.866. The van der Waals surface area contributed by atoms with Gasteiger partial charge in [0.25, 0.3) is 0 Å². The van der Waals surface area contributed by atoms with Crippen LogP contribution in [0.5, 0.6) is 0 Å². The van der Waals surface area contributed by atoms with Crippen molar-refractivity contribution in [3.05, 3.63) is 66.1 Å². The molecule has 0 bridgehead atoms. The summed E-state index contributed by atoms with van der Waals surface area (Å²) < 4.78 is 2.04. The third-order valence-corrected chi connectivity index (χ3v) is 3.44. The number of rotatable bonds is 4. The van der Waals surface area contributed by atoms with Crippen LogP contribution < -0.4 is 5.32 Å². The van der Waals surface area contributed by atoms with E-state index in [9.17, 15) is 0 Å². The fourth-order valence-corrected chi connectivity index (χ4v) is 2.27. The Morgan fingerprint density at radius 3 is 2.85 bits per heavy atom. The topological polar surface area (TPSA) is 29.3 Å². The van der Waals surface area contributed by atoms with Gasteiger partial charge in [0.1, 0.15) is 5.65 Å². The lowest BCUT2D eigenvalue weighted by Gasteiger charge is -2.09. The summed E-state index contributed by atoms with van der Waals surface area (Å²) in [7, 11) is 0. The summed E-state index contributed by atoms with van der Waals surface area (Å²) in [5.41, 5.74) is 4.53. The highest BCUT2D eigenvalue weighted by Crippen LogP contribution is 2.19. The molecular weight excluding hydrogens is 246 g/mol. The maximum absolute atomic E-state index is 4.59. The van der Waals surface area contributed by atoms with Gasteiger partial charge in [0.05, 0.1) is 12.2 Å². The number of anilines is 1. The summed E-state index contributed by atoms with van der Waals surface area (Å²) in [4.78, 5) is 4.59. The van der Waals surface area contributed by atoms with Crippen molar-refractivity contribution >= 4 is 11.3 Å². The van der Waals surface area contributed by atoms with Crippen LogP contribution in [0.1, 0.15) is 31.0 Å². The van der Waals surface area contributed by atoms with Crippen LogP contribution >= 0.6 is 0 Å². The fourth-order valence-electron chi connectivity index (χ4n) is 2.27. The van der Waals surface area contributed by atoms with Crippen molar-refractivity contribution in [2.45, 2.75) is 26.3 Å². The van der Waals surface area contributed by atoms with E-state index in [1.807, 2.05) is 28.8 Å². The van der Waals surface area contributed by atoms with Crippen LogP contribution in [-0.2, 0) is 6.54 Å². The quantitative estimate of drug-likeness (QED) is 0.770. The fraction of sp³-hybridized carbons (Fsp3) is 0.235. The number of hydrogen-bond acceptors (Lipinski definition) is 2. The summed E-state index contributed by atoms with van der Waals surface area (Å²) in [5.74, 6) is 0.548. The second-order valence-corrected chi connectivity index (χ2v) is 5.33. The van der Waals surface area contributed by atoms with Gasteiger partial charge in [-0.3, -0.25) is 0 Å². The van der Waals surface area contributed by atoms with Crippen molar-refractivity contribution in [3.8, 4) is 0 Å². The maximum Gasteiger partial charge on any atom is 0.137 e.